The predicted octanol–water partition coefficient (Wildman–Crippen LogP) is 2.67. The summed E-state index contributed by atoms with van der Waals surface area (Å²) in [5, 5.41) is 0. The third-order valence-electron chi connectivity index (χ3n) is 4.86. The van der Waals surface area contributed by atoms with Gasteiger partial charge in [-0.15, -0.1) is 0 Å². The van der Waals surface area contributed by atoms with Crippen LogP contribution >= 0.6 is 0 Å². The van der Waals surface area contributed by atoms with Crippen LogP contribution in [-0.2, 0) is 9.59 Å². The number of piperidine rings is 2. The first-order chi connectivity index (χ1) is 9.80. The minimum absolute atomic E-state index is 0.120. The van der Waals surface area contributed by atoms with Gasteiger partial charge < -0.3 is 9.80 Å². The van der Waals surface area contributed by atoms with Gasteiger partial charge >= 0.3 is 0 Å². The molecule has 0 unspecified atom stereocenters. The molecule has 2 amide bonds. The Kier molecular flexibility index (Phi) is 4.95. The van der Waals surface area contributed by atoms with E-state index in [4.69, 9.17) is 0 Å². The number of carbonyl (C=O) groups is 2. The average molecular weight is 294 g/mol. The molecule has 2 heterocycles. The molecule has 0 N–H and O–H groups in total. The largest absolute Gasteiger partial charge is 0.342 e. The second-order valence-electron chi connectivity index (χ2n) is 7.69. The molecule has 2 saturated heterocycles. The Morgan fingerprint density at radius 1 is 0.952 bits per heavy atom. The van der Waals surface area contributed by atoms with Crippen LogP contribution in [-0.4, -0.2) is 47.3 Å². The Morgan fingerprint density at radius 2 is 1.57 bits per heavy atom. The van der Waals surface area contributed by atoms with Crippen molar-refractivity contribution in [1.29, 1.82) is 0 Å². The number of hydrogen-bond acceptors (Lipinski definition) is 2. The molecule has 21 heavy (non-hydrogen) atoms. The van der Waals surface area contributed by atoms with Crippen LogP contribution in [0.15, 0.2) is 0 Å². The molecule has 0 aromatic heterocycles. The highest BCUT2D eigenvalue weighted by Gasteiger charge is 2.35. The smallest absolute Gasteiger partial charge is 0.227 e. The standard InChI is InChI=1S/C17H30N2O2/c1-13-7-5-6-10-19(13)15(20)14-8-11-18(12-9-14)16(21)17(2,3)4/h13-14H,5-12H2,1-4H3/t13-/m0/s1. The van der Waals surface area contributed by atoms with E-state index in [1.807, 2.05) is 25.7 Å². The van der Waals surface area contributed by atoms with Crippen molar-refractivity contribution in [3.8, 4) is 0 Å². The Hall–Kier alpha value is -1.06. The zero-order chi connectivity index (χ0) is 15.6. The summed E-state index contributed by atoms with van der Waals surface area (Å²) >= 11 is 0. The Balaban J connectivity index is 1.89. The highest BCUT2D eigenvalue weighted by atomic mass is 16.2. The van der Waals surface area contributed by atoms with Gasteiger partial charge in [0.1, 0.15) is 0 Å². The maximum atomic E-state index is 12.7. The van der Waals surface area contributed by atoms with E-state index in [1.165, 1.54) is 6.42 Å². The van der Waals surface area contributed by atoms with Gasteiger partial charge in [-0.05, 0) is 39.0 Å². The van der Waals surface area contributed by atoms with Gasteiger partial charge in [0.15, 0.2) is 0 Å². The van der Waals surface area contributed by atoms with Crippen molar-refractivity contribution in [1.82, 2.24) is 9.80 Å². The maximum absolute atomic E-state index is 12.7. The van der Waals surface area contributed by atoms with Crippen molar-refractivity contribution in [3.63, 3.8) is 0 Å². The van der Waals surface area contributed by atoms with Crippen molar-refractivity contribution < 1.29 is 9.59 Å². The highest BCUT2D eigenvalue weighted by Crippen LogP contribution is 2.27. The molecule has 2 aliphatic heterocycles. The molecule has 0 saturated carbocycles. The average Bonchev–Trinajstić information content (AvgIpc) is 2.45. The molecule has 0 aliphatic carbocycles. The summed E-state index contributed by atoms with van der Waals surface area (Å²) in [6, 6.07) is 0.389. The van der Waals surface area contributed by atoms with E-state index >= 15 is 0 Å². The molecule has 0 bridgehead atoms. The van der Waals surface area contributed by atoms with E-state index in [9.17, 15) is 9.59 Å². The highest BCUT2D eigenvalue weighted by molar-refractivity contribution is 5.83. The molecular formula is C17H30N2O2. The fourth-order valence-corrected chi connectivity index (χ4v) is 3.46. The van der Waals surface area contributed by atoms with Crippen LogP contribution in [0.5, 0.6) is 0 Å². The van der Waals surface area contributed by atoms with Crippen LogP contribution in [0.3, 0.4) is 0 Å². The number of nitrogens with zero attached hydrogens (tertiary/aromatic N) is 2. The van der Waals surface area contributed by atoms with Gasteiger partial charge in [-0.25, -0.2) is 0 Å². The van der Waals surface area contributed by atoms with E-state index in [0.29, 0.717) is 11.9 Å². The lowest BCUT2D eigenvalue weighted by atomic mass is 9.89. The van der Waals surface area contributed by atoms with Crippen LogP contribution in [0, 0.1) is 11.3 Å². The summed E-state index contributed by atoms with van der Waals surface area (Å²) in [6.45, 7) is 10.4. The zero-order valence-electron chi connectivity index (χ0n) is 14.0. The Morgan fingerprint density at radius 3 is 2.10 bits per heavy atom. The second kappa shape index (κ2) is 6.37. The minimum Gasteiger partial charge on any atom is -0.342 e. The maximum Gasteiger partial charge on any atom is 0.227 e. The molecular weight excluding hydrogens is 264 g/mol. The molecule has 0 radical (unpaired) electrons. The van der Waals surface area contributed by atoms with Crippen LogP contribution in [0.1, 0.15) is 59.8 Å². The second-order valence-corrected chi connectivity index (χ2v) is 7.69. The first kappa shape index (κ1) is 16.3. The quantitative estimate of drug-likeness (QED) is 0.746. The molecule has 4 heteroatoms. The van der Waals surface area contributed by atoms with Crippen LogP contribution in [0.4, 0.5) is 0 Å². The number of carbonyl (C=O) groups excluding carboxylic acids is 2. The van der Waals surface area contributed by atoms with Gasteiger partial charge in [-0.2, -0.15) is 0 Å². The third kappa shape index (κ3) is 3.78. The van der Waals surface area contributed by atoms with Gasteiger partial charge in [0.2, 0.25) is 11.8 Å². The molecule has 2 fully saturated rings. The summed E-state index contributed by atoms with van der Waals surface area (Å²) in [4.78, 5) is 29.0. The first-order valence-corrected chi connectivity index (χ1v) is 8.40. The third-order valence-corrected chi connectivity index (χ3v) is 4.86. The fraction of sp³-hybridized carbons (Fsp3) is 0.882. The van der Waals surface area contributed by atoms with Gasteiger partial charge in [-0.1, -0.05) is 20.8 Å². The van der Waals surface area contributed by atoms with E-state index in [-0.39, 0.29) is 17.2 Å². The Bertz CT molecular complexity index is 392. The Labute approximate surface area is 128 Å². The van der Waals surface area contributed by atoms with Crippen molar-refractivity contribution in [2.75, 3.05) is 19.6 Å². The molecule has 0 aromatic rings. The summed E-state index contributed by atoms with van der Waals surface area (Å²) in [6.07, 6.45) is 5.15. The van der Waals surface area contributed by atoms with Gasteiger partial charge in [0, 0.05) is 37.0 Å². The summed E-state index contributed by atoms with van der Waals surface area (Å²) in [5.74, 6) is 0.652. The van der Waals surface area contributed by atoms with Crippen LogP contribution in [0.25, 0.3) is 0 Å². The molecule has 0 aromatic carbocycles. The van der Waals surface area contributed by atoms with Gasteiger partial charge in [0.05, 0.1) is 0 Å². The number of amides is 2. The van der Waals surface area contributed by atoms with E-state index in [1.54, 1.807) is 0 Å². The molecule has 120 valence electrons. The van der Waals surface area contributed by atoms with Gasteiger partial charge in [-0.3, -0.25) is 9.59 Å². The lowest BCUT2D eigenvalue weighted by molar-refractivity contribution is -0.146. The normalized spacial score (nSPS) is 25.0. The van der Waals surface area contributed by atoms with Crippen molar-refractivity contribution in [3.05, 3.63) is 0 Å². The molecule has 4 nitrogen and oxygen atoms in total. The molecule has 2 aliphatic rings. The zero-order valence-corrected chi connectivity index (χ0v) is 14.0. The van der Waals surface area contributed by atoms with Crippen molar-refractivity contribution in [2.45, 2.75) is 65.8 Å². The SMILES string of the molecule is C[C@H]1CCCCN1C(=O)C1CCN(C(=O)C(C)(C)C)CC1. The number of rotatable bonds is 1. The van der Waals surface area contributed by atoms with E-state index in [0.717, 1.165) is 45.3 Å². The number of hydrogen-bond donors (Lipinski definition) is 0. The topological polar surface area (TPSA) is 40.6 Å². The van der Waals surface area contributed by atoms with Crippen LogP contribution in [0.2, 0.25) is 0 Å². The number of likely N-dealkylation sites (tertiary alicyclic amines) is 2. The van der Waals surface area contributed by atoms with E-state index < -0.39 is 0 Å². The monoisotopic (exact) mass is 294 g/mol. The molecule has 2 rings (SSSR count). The summed E-state index contributed by atoms with van der Waals surface area (Å²) in [7, 11) is 0. The summed E-state index contributed by atoms with van der Waals surface area (Å²) < 4.78 is 0. The van der Waals surface area contributed by atoms with Gasteiger partial charge in [0.25, 0.3) is 0 Å². The van der Waals surface area contributed by atoms with E-state index in [2.05, 4.69) is 11.8 Å². The van der Waals surface area contributed by atoms with Crippen LogP contribution < -0.4 is 0 Å². The first-order valence-electron chi connectivity index (χ1n) is 8.40. The van der Waals surface area contributed by atoms with Crippen molar-refractivity contribution in [2.24, 2.45) is 11.3 Å². The molecule has 0 spiro atoms. The predicted molar refractivity (Wildman–Crippen MR) is 83.8 cm³/mol. The minimum atomic E-state index is -0.321. The lowest BCUT2D eigenvalue weighted by Gasteiger charge is -2.39. The lowest BCUT2D eigenvalue weighted by Crippen LogP contribution is -2.50. The fourth-order valence-electron chi connectivity index (χ4n) is 3.46. The molecule has 1 atom stereocenters. The van der Waals surface area contributed by atoms with Crippen molar-refractivity contribution >= 4 is 11.8 Å². The summed E-state index contributed by atoms with van der Waals surface area (Å²) in [5.41, 5.74) is -0.321.